The fourth-order valence-corrected chi connectivity index (χ4v) is 1.87. The highest BCUT2D eigenvalue weighted by Crippen LogP contribution is 2.16. The molecule has 1 aromatic carbocycles. The van der Waals surface area contributed by atoms with Crippen molar-refractivity contribution in [2.45, 2.75) is 4.90 Å². The van der Waals surface area contributed by atoms with Gasteiger partial charge in [-0.25, -0.2) is 17.5 Å². The molecule has 0 spiro atoms. The second-order valence-corrected chi connectivity index (χ2v) is 5.33. The highest BCUT2D eigenvalue weighted by atomic mass is 32.2. The number of sulfonamides is 1. The second-order valence-electron chi connectivity index (χ2n) is 3.44. The maximum Gasteiger partial charge on any atom is 0.240 e. The third-order valence-electron chi connectivity index (χ3n) is 2.24. The van der Waals surface area contributed by atoms with Crippen LogP contribution in [0.4, 0.5) is 4.39 Å². The molecular formula is C11H15FN2O3S. The number of halogens is 1. The van der Waals surface area contributed by atoms with Crippen LogP contribution in [0.5, 0.6) is 5.75 Å². The van der Waals surface area contributed by atoms with E-state index < -0.39 is 10.0 Å². The van der Waals surface area contributed by atoms with Crippen LogP contribution >= 0.6 is 0 Å². The summed E-state index contributed by atoms with van der Waals surface area (Å²) in [5.74, 6) is 0.442. The number of benzene rings is 1. The maximum atomic E-state index is 12.2. The van der Waals surface area contributed by atoms with Crippen molar-refractivity contribution < 1.29 is 17.5 Å². The molecule has 0 saturated heterocycles. The van der Waals surface area contributed by atoms with E-state index in [2.05, 4.69) is 4.72 Å². The van der Waals surface area contributed by atoms with Crippen LogP contribution in [0.1, 0.15) is 0 Å². The van der Waals surface area contributed by atoms with Gasteiger partial charge in [0.2, 0.25) is 10.0 Å². The van der Waals surface area contributed by atoms with Gasteiger partial charge >= 0.3 is 0 Å². The SMILES string of the molecule is CNS(=O)(=O)c1ccc(OCC(=CF)CN)cc1. The number of ether oxygens (including phenoxy) is 1. The van der Waals surface area contributed by atoms with Crippen molar-refractivity contribution in [3.63, 3.8) is 0 Å². The van der Waals surface area contributed by atoms with Crippen LogP contribution in [-0.4, -0.2) is 28.6 Å². The molecule has 100 valence electrons. The minimum Gasteiger partial charge on any atom is -0.489 e. The summed E-state index contributed by atoms with van der Waals surface area (Å²) in [6.07, 6.45) is 0.403. The molecule has 3 N–H and O–H groups in total. The zero-order valence-corrected chi connectivity index (χ0v) is 10.7. The van der Waals surface area contributed by atoms with E-state index in [0.717, 1.165) is 0 Å². The van der Waals surface area contributed by atoms with Crippen molar-refractivity contribution in [3.8, 4) is 5.75 Å². The number of hydrogen-bond acceptors (Lipinski definition) is 4. The lowest BCUT2D eigenvalue weighted by molar-refractivity contribution is 0.347. The summed E-state index contributed by atoms with van der Waals surface area (Å²) in [5, 5.41) is 0. The molecule has 1 aromatic rings. The average molecular weight is 274 g/mol. The highest BCUT2D eigenvalue weighted by Gasteiger charge is 2.10. The molecule has 0 unspecified atom stereocenters. The minimum atomic E-state index is -3.45. The van der Waals surface area contributed by atoms with Crippen molar-refractivity contribution >= 4 is 10.0 Å². The molecule has 1 rings (SSSR count). The minimum absolute atomic E-state index is 0.0329. The van der Waals surface area contributed by atoms with Crippen LogP contribution in [0.15, 0.2) is 41.1 Å². The number of nitrogens with two attached hydrogens (primary N) is 1. The van der Waals surface area contributed by atoms with Crippen LogP contribution in [0.3, 0.4) is 0 Å². The lowest BCUT2D eigenvalue weighted by Crippen LogP contribution is -2.18. The average Bonchev–Trinajstić information content (AvgIpc) is 2.40. The lowest BCUT2D eigenvalue weighted by Gasteiger charge is -2.08. The van der Waals surface area contributed by atoms with E-state index in [0.29, 0.717) is 17.7 Å². The van der Waals surface area contributed by atoms with Gasteiger partial charge in [0.05, 0.1) is 11.2 Å². The fourth-order valence-electron chi connectivity index (χ4n) is 1.14. The molecule has 0 bridgehead atoms. The molecular weight excluding hydrogens is 259 g/mol. The van der Waals surface area contributed by atoms with Crippen molar-refractivity contribution in [2.75, 3.05) is 20.2 Å². The quantitative estimate of drug-likeness (QED) is 0.803. The largest absolute Gasteiger partial charge is 0.489 e. The first-order valence-corrected chi connectivity index (χ1v) is 6.66. The normalized spacial score (nSPS) is 12.5. The summed E-state index contributed by atoms with van der Waals surface area (Å²) >= 11 is 0. The van der Waals surface area contributed by atoms with E-state index in [1.807, 2.05) is 0 Å². The highest BCUT2D eigenvalue weighted by molar-refractivity contribution is 7.89. The molecule has 7 heteroatoms. The second kappa shape index (κ2) is 6.48. The van der Waals surface area contributed by atoms with Gasteiger partial charge < -0.3 is 10.5 Å². The monoisotopic (exact) mass is 274 g/mol. The van der Waals surface area contributed by atoms with Gasteiger partial charge in [-0.15, -0.1) is 0 Å². The molecule has 0 aliphatic carbocycles. The molecule has 0 fully saturated rings. The molecule has 0 aliphatic rings. The van der Waals surface area contributed by atoms with Gasteiger partial charge in [0.25, 0.3) is 0 Å². The van der Waals surface area contributed by atoms with E-state index in [1.165, 1.54) is 31.3 Å². The first-order valence-electron chi connectivity index (χ1n) is 5.18. The van der Waals surface area contributed by atoms with Crippen molar-refractivity contribution in [3.05, 3.63) is 36.2 Å². The first kappa shape index (κ1) is 14.6. The van der Waals surface area contributed by atoms with E-state index >= 15 is 0 Å². The predicted octanol–water partition coefficient (Wildman–Crippen LogP) is 0.786. The summed E-state index contributed by atoms with van der Waals surface area (Å²) in [6, 6.07) is 5.80. The Morgan fingerprint density at radius 1 is 1.44 bits per heavy atom. The Labute approximate surface area is 105 Å². The van der Waals surface area contributed by atoms with Crippen LogP contribution < -0.4 is 15.2 Å². The molecule has 0 atom stereocenters. The standard InChI is InChI=1S/C11H15FN2O3S/c1-14-18(15,16)11-4-2-10(3-5-11)17-8-9(6-12)7-13/h2-6,14H,7-8,13H2,1H3. The van der Waals surface area contributed by atoms with Crippen LogP contribution in [0.2, 0.25) is 0 Å². The van der Waals surface area contributed by atoms with Crippen LogP contribution in [0, 0.1) is 0 Å². The number of rotatable bonds is 6. The van der Waals surface area contributed by atoms with Gasteiger partial charge in [-0.1, -0.05) is 0 Å². The molecule has 0 aromatic heterocycles. The van der Waals surface area contributed by atoms with Crippen molar-refractivity contribution in [2.24, 2.45) is 5.73 Å². The topological polar surface area (TPSA) is 81.4 Å². The first-order chi connectivity index (χ1) is 8.53. The Morgan fingerprint density at radius 2 is 2.06 bits per heavy atom. The van der Waals surface area contributed by atoms with Gasteiger partial charge in [0.15, 0.2) is 0 Å². The molecule has 0 aliphatic heterocycles. The van der Waals surface area contributed by atoms with Crippen LogP contribution in [-0.2, 0) is 10.0 Å². The summed E-state index contributed by atoms with van der Waals surface area (Å²) < 4.78 is 42.6. The zero-order valence-electron chi connectivity index (χ0n) is 9.89. The Hall–Kier alpha value is -1.44. The van der Waals surface area contributed by atoms with E-state index in [1.54, 1.807) is 0 Å². The van der Waals surface area contributed by atoms with E-state index in [9.17, 15) is 12.8 Å². The lowest BCUT2D eigenvalue weighted by atomic mass is 10.3. The molecule has 0 saturated carbocycles. The molecule has 0 heterocycles. The third kappa shape index (κ3) is 3.80. The van der Waals surface area contributed by atoms with Gasteiger partial charge in [0, 0.05) is 12.1 Å². The third-order valence-corrected chi connectivity index (χ3v) is 3.67. The number of nitrogens with one attached hydrogen (secondary N) is 1. The van der Waals surface area contributed by atoms with Gasteiger partial charge in [-0.3, -0.25) is 0 Å². The Bertz CT molecular complexity index is 512. The molecule has 18 heavy (non-hydrogen) atoms. The molecule has 0 amide bonds. The Balaban J connectivity index is 2.73. The predicted molar refractivity (Wildman–Crippen MR) is 66.4 cm³/mol. The summed E-state index contributed by atoms with van der Waals surface area (Å²) in [5.41, 5.74) is 5.59. The van der Waals surface area contributed by atoms with Crippen molar-refractivity contribution in [1.82, 2.24) is 4.72 Å². The van der Waals surface area contributed by atoms with Crippen LogP contribution in [0.25, 0.3) is 0 Å². The summed E-state index contributed by atoms with van der Waals surface area (Å²) in [6.45, 7) is 0.105. The summed E-state index contributed by atoms with van der Waals surface area (Å²) in [7, 11) is -2.12. The smallest absolute Gasteiger partial charge is 0.240 e. The van der Waals surface area contributed by atoms with Gasteiger partial charge in [0.1, 0.15) is 12.4 Å². The van der Waals surface area contributed by atoms with Crippen molar-refractivity contribution in [1.29, 1.82) is 0 Å². The summed E-state index contributed by atoms with van der Waals surface area (Å²) in [4.78, 5) is 0.137. The molecule has 0 radical (unpaired) electrons. The van der Waals surface area contributed by atoms with E-state index in [4.69, 9.17) is 10.5 Å². The van der Waals surface area contributed by atoms with Gasteiger partial charge in [-0.05, 0) is 31.3 Å². The zero-order chi connectivity index (χ0) is 13.6. The molecule has 5 nitrogen and oxygen atoms in total. The van der Waals surface area contributed by atoms with E-state index in [-0.39, 0.29) is 18.0 Å². The van der Waals surface area contributed by atoms with Gasteiger partial charge in [-0.2, -0.15) is 0 Å². The Morgan fingerprint density at radius 3 is 2.50 bits per heavy atom. The fraction of sp³-hybridized carbons (Fsp3) is 0.273. The maximum absolute atomic E-state index is 12.2. The number of hydrogen-bond donors (Lipinski definition) is 2. The Kier molecular flexibility index (Phi) is 5.26.